The molecule has 16 unspecified atom stereocenters. The SMILES string of the molecule is CC(CSCCC(=O)OCC(COC(=O)CCSCC(C)C1CCC2(C)OC2C1)(COC(=O)CCSCC(C)C1CCC2(C)OC2C1)COC(=O)CCSCC(C)C1CCC2(C)OC2C1)C1CCC2(C)OC2C1. The fourth-order valence-electron chi connectivity index (χ4n) is 12.5. The highest BCUT2D eigenvalue weighted by atomic mass is 32.2. The van der Waals surface area contributed by atoms with E-state index in [4.69, 9.17) is 37.9 Å². The standard InChI is InChI=1S/C57H92O12S4/c1-37(41-9-17-53(5)45(25-41)66-53)29-70-21-13-49(58)62-33-57(34-63-50(59)14-22-71-30-38(2)42-10-18-54(6)46(26-42)67-54,35-64-51(60)15-23-72-31-39(3)43-11-19-55(7)47(27-43)68-55)36-65-52(61)16-24-73-32-40(4)44-12-20-56(8)48(28-44)69-56/h37-48H,9-36H2,1-8H3. The van der Waals surface area contributed by atoms with Crippen molar-refractivity contribution in [2.75, 3.05) is 72.5 Å². The van der Waals surface area contributed by atoms with E-state index in [1.165, 1.54) is 25.7 Å². The Bertz CT molecular complexity index is 1610. The molecular weight excluding hydrogens is 1000 g/mol. The van der Waals surface area contributed by atoms with Gasteiger partial charge in [0.05, 0.1) is 72.5 Å². The van der Waals surface area contributed by atoms with Crippen molar-refractivity contribution in [1.82, 2.24) is 0 Å². The first-order valence-electron chi connectivity index (χ1n) is 28.4. The van der Waals surface area contributed by atoms with E-state index in [-0.39, 0.29) is 74.5 Å². The van der Waals surface area contributed by atoms with Crippen LogP contribution in [0.4, 0.5) is 0 Å². The van der Waals surface area contributed by atoms with Gasteiger partial charge in [0.1, 0.15) is 31.8 Å². The molecule has 8 aliphatic rings. The number of rotatable bonds is 32. The van der Waals surface area contributed by atoms with Gasteiger partial charge >= 0.3 is 23.9 Å². The van der Waals surface area contributed by atoms with Gasteiger partial charge < -0.3 is 37.9 Å². The molecule has 8 fully saturated rings. The van der Waals surface area contributed by atoms with Crippen molar-refractivity contribution >= 4 is 70.9 Å². The smallest absolute Gasteiger partial charge is 0.306 e. The van der Waals surface area contributed by atoms with Gasteiger partial charge in [-0.05, 0) is 175 Å². The Balaban J connectivity index is 0.829. The Kier molecular flexibility index (Phi) is 20.3. The van der Waals surface area contributed by atoms with Crippen molar-refractivity contribution in [2.24, 2.45) is 52.8 Å². The fourth-order valence-corrected chi connectivity index (χ4v) is 17.0. The summed E-state index contributed by atoms with van der Waals surface area (Å²) in [5.41, 5.74) is -0.889. The fraction of sp³-hybridized carbons (Fsp3) is 0.930. The van der Waals surface area contributed by atoms with Crippen LogP contribution in [-0.4, -0.2) is 143 Å². The summed E-state index contributed by atoms with van der Waals surface area (Å²) in [7, 11) is 0. The molecule has 0 bridgehead atoms. The molecule has 4 heterocycles. The number of carbonyl (C=O) groups is 4. The topological polar surface area (TPSA) is 155 Å². The quantitative estimate of drug-likeness (QED) is 0.0271. The van der Waals surface area contributed by atoms with Crippen LogP contribution in [0.2, 0.25) is 0 Å². The van der Waals surface area contributed by atoms with Crippen molar-refractivity contribution in [3.63, 3.8) is 0 Å². The second-order valence-corrected chi connectivity index (χ2v) is 29.8. The number of hydrogen-bond acceptors (Lipinski definition) is 16. The number of fused-ring (bicyclic) bond motifs is 4. The molecule has 12 nitrogen and oxygen atoms in total. The molecule has 416 valence electrons. The first-order valence-corrected chi connectivity index (χ1v) is 33.0. The van der Waals surface area contributed by atoms with E-state index in [0.29, 0.717) is 94.8 Å². The molecule has 4 saturated heterocycles. The van der Waals surface area contributed by atoms with Gasteiger partial charge in [-0.25, -0.2) is 0 Å². The van der Waals surface area contributed by atoms with Gasteiger partial charge in [-0.15, -0.1) is 0 Å². The summed E-state index contributed by atoms with van der Waals surface area (Å²) in [5.74, 6) is 9.32. The minimum atomic E-state index is -1.29. The van der Waals surface area contributed by atoms with Crippen molar-refractivity contribution in [3.05, 3.63) is 0 Å². The highest BCUT2D eigenvalue weighted by molar-refractivity contribution is 7.99. The molecule has 0 amide bonds. The van der Waals surface area contributed by atoms with Crippen molar-refractivity contribution in [2.45, 2.75) is 205 Å². The van der Waals surface area contributed by atoms with Crippen molar-refractivity contribution < 1.29 is 57.1 Å². The minimum Gasteiger partial charge on any atom is -0.465 e. The average molecular weight is 1100 g/mol. The molecule has 16 atom stereocenters. The van der Waals surface area contributed by atoms with Gasteiger partial charge in [0.2, 0.25) is 0 Å². The Labute approximate surface area is 455 Å². The van der Waals surface area contributed by atoms with Gasteiger partial charge in [-0.3, -0.25) is 19.2 Å². The van der Waals surface area contributed by atoms with E-state index in [2.05, 4.69) is 55.4 Å². The molecule has 4 saturated carbocycles. The van der Waals surface area contributed by atoms with Gasteiger partial charge in [-0.1, -0.05) is 27.7 Å². The van der Waals surface area contributed by atoms with Crippen LogP contribution in [0.5, 0.6) is 0 Å². The molecule has 16 heteroatoms. The molecule has 8 rings (SSSR count). The summed E-state index contributed by atoms with van der Waals surface area (Å²) < 4.78 is 47.7. The number of hydrogen-bond donors (Lipinski definition) is 0. The van der Waals surface area contributed by atoms with E-state index in [0.717, 1.165) is 74.4 Å². The van der Waals surface area contributed by atoms with Crippen molar-refractivity contribution in [1.29, 1.82) is 0 Å². The van der Waals surface area contributed by atoms with E-state index < -0.39 is 29.3 Å². The minimum absolute atomic E-state index is 0.0994. The Hall–Kier alpha value is -0.880. The molecule has 0 aromatic carbocycles. The maximum absolute atomic E-state index is 13.5. The first-order chi connectivity index (χ1) is 34.8. The lowest BCUT2D eigenvalue weighted by molar-refractivity contribution is -0.170. The number of epoxide rings is 4. The number of ether oxygens (including phenoxy) is 8. The Morgan fingerprint density at radius 2 is 0.644 bits per heavy atom. The van der Waals surface area contributed by atoms with Crippen LogP contribution in [0.15, 0.2) is 0 Å². The third kappa shape index (κ3) is 16.6. The predicted molar refractivity (Wildman–Crippen MR) is 293 cm³/mol. The van der Waals surface area contributed by atoms with Crippen LogP contribution in [0.1, 0.15) is 158 Å². The number of carbonyl (C=O) groups excluding carboxylic acids is 4. The maximum Gasteiger partial charge on any atom is 0.306 e. The summed E-state index contributed by atoms with van der Waals surface area (Å²) in [6, 6.07) is 0. The van der Waals surface area contributed by atoms with Gasteiger partial charge in [0.25, 0.3) is 0 Å². The highest BCUT2D eigenvalue weighted by Gasteiger charge is 2.58. The molecule has 4 aliphatic carbocycles. The molecular formula is C57H92O12S4. The van der Waals surface area contributed by atoms with E-state index in [1.54, 1.807) is 47.0 Å². The van der Waals surface area contributed by atoms with Crippen LogP contribution < -0.4 is 0 Å². The second-order valence-electron chi connectivity index (χ2n) is 25.2. The lowest BCUT2D eigenvalue weighted by Crippen LogP contribution is -2.44. The third-order valence-corrected chi connectivity index (χ3v) is 24.0. The van der Waals surface area contributed by atoms with Gasteiger partial charge in [0.15, 0.2) is 0 Å². The number of esters is 4. The Morgan fingerprint density at radius 1 is 0.425 bits per heavy atom. The molecule has 0 aromatic heterocycles. The first kappa shape index (κ1) is 58.3. The summed E-state index contributed by atoms with van der Waals surface area (Å²) in [5, 5.41) is 0. The summed E-state index contributed by atoms with van der Waals surface area (Å²) in [6.45, 7) is 17.2. The molecule has 73 heavy (non-hydrogen) atoms. The highest BCUT2D eigenvalue weighted by Crippen LogP contribution is 2.54. The average Bonchev–Trinajstić information content (AvgIpc) is 4.29. The summed E-state index contributed by atoms with van der Waals surface area (Å²) >= 11 is 7.05. The van der Waals surface area contributed by atoms with Crippen LogP contribution in [0, 0.1) is 52.8 Å². The summed E-state index contributed by atoms with van der Waals surface area (Å²) in [6.07, 6.45) is 16.0. The lowest BCUT2D eigenvalue weighted by Gasteiger charge is -2.32. The zero-order valence-corrected chi connectivity index (χ0v) is 49.0. The monoisotopic (exact) mass is 1100 g/mol. The number of thioether (sulfide) groups is 4. The Morgan fingerprint density at radius 3 is 0.849 bits per heavy atom. The summed E-state index contributed by atoms with van der Waals surface area (Å²) in [4.78, 5) is 53.9. The van der Waals surface area contributed by atoms with Crippen molar-refractivity contribution in [3.8, 4) is 0 Å². The largest absolute Gasteiger partial charge is 0.465 e. The predicted octanol–water partition coefficient (Wildman–Crippen LogP) is 11.0. The zero-order chi connectivity index (χ0) is 52.0. The van der Waals surface area contributed by atoms with E-state index in [9.17, 15) is 19.2 Å². The van der Waals surface area contributed by atoms with Crippen LogP contribution >= 0.6 is 47.0 Å². The van der Waals surface area contributed by atoms with E-state index in [1.807, 2.05) is 0 Å². The van der Waals surface area contributed by atoms with Crippen LogP contribution in [-0.2, 0) is 57.1 Å². The van der Waals surface area contributed by atoms with Gasteiger partial charge in [-0.2, -0.15) is 47.0 Å². The molecule has 0 radical (unpaired) electrons. The zero-order valence-electron chi connectivity index (χ0n) is 45.8. The molecule has 0 spiro atoms. The second kappa shape index (κ2) is 25.5. The normalized spacial score (nSPS) is 37.0. The van der Waals surface area contributed by atoms with Crippen LogP contribution in [0.25, 0.3) is 0 Å². The molecule has 0 N–H and O–H groups in total. The maximum atomic E-state index is 13.5. The molecule has 4 aliphatic heterocycles. The van der Waals surface area contributed by atoms with Gasteiger partial charge in [0, 0.05) is 23.0 Å². The third-order valence-electron chi connectivity index (χ3n) is 19.0. The van der Waals surface area contributed by atoms with Crippen LogP contribution in [0.3, 0.4) is 0 Å². The van der Waals surface area contributed by atoms with E-state index >= 15 is 0 Å². The lowest BCUT2D eigenvalue weighted by atomic mass is 9.77. The molecule has 0 aromatic rings.